The Morgan fingerprint density at radius 2 is 2.00 bits per heavy atom. The van der Waals surface area contributed by atoms with E-state index in [1.54, 1.807) is 16.9 Å². The van der Waals surface area contributed by atoms with Crippen LogP contribution in [0.1, 0.15) is 29.0 Å². The van der Waals surface area contributed by atoms with E-state index in [9.17, 15) is 4.79 Å². The van der Waals surface area contributed by atoms with Crippen molar-refractivity contribution in [2.45, 2.75) is 18.9 Å². The molecule has 0 unspecified atom stereocenters. The standard InChI is InChI=1S/C20H15Cl2N3O3/c21-15-3-1-2-12(19(15)22)13-7-18(26)24-20-14(13)8-23-25(20)9-11-4-5-16-17(6-11)28-10-27-16/h1-6,8,13H,7,9-10H2,(H,24,26)/t13-/m0/s1. The van der Waals surface area contributed by atoms with Crippen molar-refractivity contribution >= 4 is 34.9 Å². The maximum Gasteiger partial charge on any atom is 0.231 e. The van der Waals surface area contributed by atoms with Gasteiger partial charge in [0.05, 0.1) is 22.8 Å². The lowest BCUT2D eigenvalue weighted by molar-refractivity contribution is -0.116. The van der Waals surface area contributed by atoms with Crippen LogP contribution in [0, 0.1) is 0 Å². The quantitative estimate of drug-likeness (QED) is 0.686. The van der Waals surface area contributed by atoms with Gasteiger partial charge in [0.15, 0.2) is 11.5 Å². The summed E-state index contributed by atoms with van der Waals surface area (Å²) >= 11 is 12.6. The van der Waals surface area contributed by atoms with Crippen molar-refractivity contribution in [2.24, 2.45) is 0 Å². The number of nitrogens with one attached hydrogen (secondary N) is 1. The van der Waals surface area contributed by atoms with Crippen molar-refractivity contribution in [2.75, 3.05) is 12.1 Å². The molecular formula is C20H15Cl2N3O3. The predicted molar refractivity (Wildman–Crippen MR) is 105 cm³/mol. The van der Waals surface area contributed by atoms with Crippen molar-refractivity contribution in [1.82, 2.24) is 9.78 Å². The summed E-state index contributed by atoms with van der Waals surface area (Å²) in [5.74, 6) is 1.85. The minimum absolute atomic E-state index is 0.0824. The molecule has 0 aliphatic carbocycles. The lowest BCUT2D eigenvalue weighted by Gasteiger charge is -2.24. The summed E-state index contributed by atoms with van der Waals surface area (Å²) in [6, 6.07) is 11.2. The fourth-order valence-corrected chi connectivity index (χ4v) is 4.11. The molecule has 1 atom stereocenters. The third-order valence-corrected chi connectivity index (χ3v) is 5.85. The van der Waals surface area contributed by atoms with Crippen molar-refractivity contribution in [3.05, 3.63) is 69.3 Å². The van der Waals surface area contributed by atoms with E-state index in [0.717, 1.165) is 22.4 Å². The van der Waals surface area contributed by atoms with E-state index in [4.69, 9.17) is 32.7 Å². The van der Waals surface area contributed by atoms with E-state index in [1.165, 1.54) is 0 Å². The number of hydrogen-bond donors (Lipinski definition) is 1. The van der Waals surface area contributed by atoms with Gasteiger partial charge in [0.25, 0.3) is 0 Å². The molecule has 1 N–H and O–H groups in total. The highest BCUT2D eigenvalue weighted by Gasteiger charge is 2.31. The van der Waals surface area contributed by atoms with Crippen LogP contribution in [0.3, 0.4) is 0 Å². The highest BCUT2D eigenvalue weighted by molar-refractivity contribution is 6.42. The third kappa shape index (κ3) is 2.89. The van der Waals surface area contributed by atoms with Gasteiger partial charge in [-0.1, -0.05) is 41.4 Å². The lowest BCUT2D eigenvalue weighted by atomic mass is 9.87. The zero-order chi connectivity index (χ0) is 19.3. The van der Waals surface area contributed by atoms with E-state index in [2.05, 4.69) is 10.4 Å². The number of fused-ring (bicyclic) bond motifs is 2. The van der Waals surface area contributed by atoms with E-state index >= 15 is 0 Å². The van der Waals surface area contributed by atoms with Crippen molar-refractivity contribution < 1.29 is 14.3 Å². The second-order valence-corrected chi connectivity index (χ2v) is 7.53. The van der Waals surface area contributed by atoms with Crippen LogP contribution in [0.4, 0.5) is 5.82 Å². The van der Waals surface area contributed by atoms with Gasteiger partial charge in [-0.05, 0) is 29.3 Å². The first-order chi connectivity index (χ1) is 13.6. The molecule has 0 radical (unpaired) electrons. The minimum Gasteiger partial charge on any atom is -0.454 e. The number of carbonyl (C=O) groups excluding carboxylic acids is 1. The number of ether oxygens (including phenoxy) is 2. The lowest BCUT2D eigenvalue weighted by Crippen LogP contribution is -2.25. The third-order valence-electron chi connectivity index (χ3n) is 5.02. The topological polar surface area (TPSA) is 65.4 Å². The molecule has 6 nitrogen and oxygen atoms in total. The Balaban J connectivity index is 1.51. The van der Waals surface area contributed by atoms with Crippen LogP contribution in [0.5, 0.6) is 11.5 Å². The zero-order valence-electron chi connectivity index (χ0n) is 14.6. The number of amides is 1. The Bertz CT molecular complexity index is 1100. The Kier molecular flexibility index (Phi) is 4.18. The fourth-order valence-electron chi connectivity index (χ4n) is 3.67. The van der Waals surface area contributed by atoms with Crippen molar-refractivity contribution in [1.29, 1.82) is 0 Å². The summed E-state index contributed by atoms with van der Waals surface area (Å²) in [7, 11) is 0. The largest absolute Gasteiger partial charge is 0.454 e. The van der Waals surface area contributed by atoms with Crippen molar-refractivity contribution in [3.8, 4) is 11.5 Å². The summed E-state index contributed by atoms with van der Waals surface area (Å²) in [5, 5.41) is 8.39. The first-order valence-corrected chi connectivity index (χ1v) is 9.54. The molecule has 2 aliphatic heterocycles. The average Bonchev–Trinajstić information content (AvgIpc) is 3.30. The summed E-state index contributed by atoms with van der Waals surface area (Å²) in [6.45, 7) is 0.719. The molecule has 1 amide bonds. The Morgan fingerprint density at radius 3 is 2.89 bits per heavy atom. The maximum absolute atomic E-state index is 12.4. The highest BCUT2D eigenvalue weighted by Crippen LogP contribution is 2.42. The summed E-state index contributed by atoms with van der Waals surface area (Å²) in [5.41, 5.74) is 2.74. The Labute approximate surface area is 171 Å². The number of halogens is 2. The number of anilines is 1. The highest BCUT2D eigenvalue weighted by atomic mass is 35.5. The van der Waals surface area contributed by atoms with E-state index < -0.39 is 0 Å². The van der Waals surface area contributed by atoms with Crippen LogP contribution < -0.4 is 14.8 Å². The Hall–Kier alpha value is -2.70. The van der Waals surface area contributed by atoms with Gasteiger partial charge in [0.1, 0.15) is 5.82 Å². The summed E-state index contributed by atoms with van der Waals surface area (Å²) in [6.07, 6.45) is 2.08. The van der Waals surface area contributed by atoms with Gasteiger partial charge in [-0.25, -0.2) is 4.68 Å². The maximum atomic E-state index is 12.4. The molecule has 0 spiro atoms. The molecule has 3 heterocycles. The first kappa shape index (κ1) is 17.4. The minimum atomic E-state index is -0.194. The normalized spacial score (nSPS) is 17.4. The Morgan fingerprint density at radius 1 is 1.14 bits per heavy atom. The fraction of sp³-hybridized carbons (Fsp3) is 0.200. The van der Waals surface area contributed by atoms with Gasteiger partial charge in [-0.15, -0.1) is 0 Å². The average molecular weight is 416 g/mol. The van der Waals surface area contributed by atoms with E-state index in [1.807, 2.05) is 30.3 Å². The molecule has 0 saturated carbocycles. The summed E-state index contributed by atoms with van der Waals surface area (Å²) in [4.78, 5) is 12.4. The number of aromatic nitrogens is 2. The second kappa shape index (κ2) is 6.72. The molecule has 142 valence electrons. The monoisotopic (exact) mass is 415 g/mol. The molecule has 2 aliphatic rings. The molecule has 28 heavy (non-hydrogen) atoms. The smallest absolute Gasteiger partial charge is 0.231 e. The number of nitrogens with zero attached hydrogens (tertiary/aromatic N) is 2. The number of benzene rings is 2. The number of hydrogen-bond acceptors (Lipinski definition) is 4. The molecule has 2 aromatic carbocycles. The molecule has 0 bridgehead atoms. The van der Waals surface area contributed by atoms with Crippen LogP contribution in [-0.2, 0) is 11.3 Å². The van der Waals surface area contributed by atoms with Gasteiger partial charge < -0.3 is 14.8 Å². The molecule has 0 fully saturated rings. The molecular weight excluding hydrogens is 401 g/mol. The predicted octanol–water partition coefficient (Wildman–Crippen LogP) is 4.44. The van der Waals surface area contributed by atoms with Crippen LogP contribution >= 0.6 is 23.2 Å². The van der Waals surface area contributed by atoms with Crippen LogP contribution in [0.15, 0.2) is 42.6 Å². The van der Waals surface area contributed by atoms with E-state index in [-0.39, 0.29) is 18.6 Å². The van der Waals surface area contributed by atoms with Crippen LogP contribution in [0.25, 0.3) is 0 Å². The van der Waals surface area contributed by atoms with Crippen LogP contribution in [-0.4, -0.2) is 22.5 Å². The van der Waals surface area contributed by atoms with Gasteiger partial charge in [0.2, 0.25) is 12.7 Å². The SMILES string of the molecule is O=C1C[C@@H](c2cccc(Cl)c2Cl)c2cnn(Cc3ccc4c(c3)OCO4)c2N1. The molecule has 8 heteroatoms. The van der Waals surface area contributed by atoms with Gasteiger partial charge in [0, 0.05) is 17.9 Å². The molecule has 1 aromatic heterocycles. The number of carbonyl (C=O) groups is 1. The first-order valence-electron chi connectivity index (χ1n) is 8.78. The van der Waals surface area contributed by atoms with Crippen LogP contribution in [0.2, 0.25) is 10.0 Å². The zero-order valence-corrected chi connectivity index (χ0v) is 16.1. The molecule has 5 rings (SSSR count). The van der Waals surface area contributed by atoms with Gasteiger partial charge >= 0.3 is 0 Å². The number of rotatable bonds is 3. The van der Waals surface area contributed by atoms with Crippen molar-refractivity contribution in [3.63, 3.8) is 0 Å². The molecule has 3 aromatic rings. The molecule has 0 saturated heterocycles. The van der Waals surface area contributed by atoms with Gasteiger partial charge in [-0.3, -0.25) is 4.79 Å². The van der Waals surface area contributed by atoms with E-state index in [0.29, 0.717) is 34.6 Å². The second-order valence-electron chi connectivity index (χ2n) is 6.74. The van der Waals surface area contributed by atoms with Gasteiger partial charge in [-0.2, -0.15) is 5.10 Å². The summed E-state index contributed by atoms with van der Waals surface area (Å²) < 4.78 is 12.6.